The second-order valence-electron chi connectivity index (χ2n) is 5.40. The van der Waals surface area contributed by atoms with Crippen LogP contribution >= 0.6 is 11.6 Å². The van der Waals surface area contributed by atoms with Crippen molar-refractivity contribution >= 4 is 11.6 Å². The molecule has 2 aromatic rings. The summed E-state index contributed by atoms with van der Waals surface area (Å²) in [5.74, 6) is -0.522. The molecule has 1 aliphatic carbocycles. The lowest BCUT2D eigenvalue weighted by atomic mass is 9.69. The van der Waals surface area contributed by atoms with Crippen LogP contribution < -0.4 is 0 Å². The van der Waals surface area contributed by atoms with Crippen LogP contribution in [0.2, 0.25) is 0 Å². The molecule has 1 atom stereocenters. The Balaban J connectivity index is 2.13. The predicted octanol–water partition coefficient (Wildman–Crippen LogP) is 5.21. The minimum absolute atomic E-state index is 0.0130. The van der Waals surface area contributed by atoms with Crippen molar-refractivity contribution in [2.75, 3.05) is 0 Å². The van der Waals surface area contributed by atoms with Gasteiger partial charge in [-0.2, -0.15) is 0 Å². The molecule has 108 valence electrons. The largest absolute Gasteiger partial charge is 0.207 e. The highest BCUT2D eigenvalue weighted by atomic mass is 35.5. The molecular weight excluding hydrogens is 290 g/mol. The normalized spacial score (nSPS) is 20.4. The fourth-order valence-corrected chi connectivity index (χ4v) is 3.14. The average Bonchev–Trinajstić information content (AvgIpc) is 2.50. The Morgan fingerprint density at radius 1 is 0.857 bits per heavy atom. The molecule has 0 saturated heterocycles. The molecule has 0 heterocycles. The van der Waals surface area contributed by atoms with Gasteiger partial charge in [-0.05, 0) is 48.2 Å². The quantitative estimate of drug-likeness (QED) is 0.528. The molecule has 0 saturated carbocycles. The first-order chi connectivity index (χ1) is 10.1. The number of rotatable bonds is 2. The summed E-state index contributed by atoms with van der Waals surface area (Å²) < 4.78 is 26.4. The summed E-state index contributed by atoms with van der Waals surface area (Å²) in [5.41, 5.74) is 1.62. The Bertz CT molecular complexity index is 598. The summed E-state index contributed by atoms with van der Waals surface area (Å²) in [7, 11) is 0. The van der Waals surface area contributed by atoms with Gasteiger partial charge >= 0.3 is 0 Å². The lowest BCUT2D eigenvalue weighted by Gasteiger charge is -2.36. The SMILES string of the molecule is Fc1ccc(C2(c3ccc(F)cc3)C=CC(Cl)CC2)cc1. The zero-order chi connectivity index (χ0) is 14.9. The van der Waals surface area contributed by atoms with Gasteiger partial charge in [-0.3, -0.25) is 0 Å². The predicted molar refractivity (Wildman–Crippen MR) is 81.6 cm³/mol. The van der Waals surface area contributed by atoms with Crippen LogP contribution in [0, 0.1) is 11.6 Å². The van der Waals surface area contributed by atoms with E-state index >= 15 is 0 Å². The molecule has 0 fully saturated rings. The van der Waals surface area contributed by atoms with Crippen molar-refractivity contribution in [2.24, 2.45) is 0 Å². The van der Waals surface area contributed by atoms with Gasteiger partial charge in [0.05, 0.1) is 5.38 Å². The minimum atomic E-state index is -0.368. The van der Waals surface area contributed by atoms with Crippen LogP contribution in [0.15, 0.2) is 60.7 Å². The minimum Gasteiger partial charge on any atom is -0.207 e. The van der Waals surface area contributed by atoms with Crippen molar-refractivity contribution in [1.29, 1.82) is 0 Å². The third-order valence-corrected chi connectivity index (χ3v) is 4.49. The van der Waals surface area contributed by atoms with E-state index in [2.05, 4.69) is 6.08 Å². The molecule has 2 aromatic carbocycles. The second kappa shape index (κ2) is 5.61. The zero-order valence-electron chi connectivity index (χ0n) is 11.4. The number of halogens is 3. The van der Waals surface area contributed by atoms with Crippen LogP contribution in [0.3, 0.4) is 0 Å². The molecular formula is C18H15ClF2. The first-order valence-electron chi connectivity index (χ1n) is 6.96. The fraction of sp³-hybridized carbons (Fsp3) is 0.222. The Labute approximate surface area is 128 Å². The first-order valence-corrected chi connectivity index (χ1v) is 7.39. The number of benzene rings is 2. The molecule has 21 heavy (non-hydrogen) atoms. The van der Waals surface area contributed by atoms with Gasteiger partial charge < -0.3 is 0 Å². The third-order valence-electron chi connectivity index (χ3n) is 4.12. The molecule has 3 heteroatoms. The van der Waals surface area contributed by atoms with Crippen molar-refractivity contribution in [1.82, 2.24) is 0 Å². The van der Waals surface area contributed by atoms with Crippen LogP contribution in [-0.2, 0) is 5.41 Å². The topological polar surface area (TPSA) is 0 Å². The van der Waals surface area contributed by atoms with Crippen molar-refractivity contribution < 1.29 is 8.78 Å². The van der Waals surface area contributed by atoms with Gasteiger partial charge in [0.25, 0.3) is 0 Å². The lowest BCUT2D eigenvalue weighted by molar-refractivity contribution is 0.529. The summed E-state index contributed by atoms with van der Waals surface area (Å²) in [6.07, 6.45) is 5.67. The van der Waals surface area contributed by atoms with E-state index < -0.39 is 0 Å². The number of hydrogen-bond acceptors (Lipinski definition) is 0. The molecule has 0 nitrogen and oxygen atoms in total. The summed E-state index contributed by atoms with van der Waals surface area (Å²) >= 11 is 6.16. The summed E-state index contributed by atoms with van der Waals surface area (Å²) in [6, 6.07) is 13.0. The number of allylic oxidation sites excluding steroid dienone is 2. The van der Waals surface area contributed by atoms with Gasteiger partial charge in [-0.15, -0.1) is 11.6 Å². The molecule has 0 amide bonds. The van der Waals surface area contributed by atoms with Gasteiger partial charge in [0.2, 0.25) is 0 Å². The van der Waals surface area contributed by atoms with E-state index in [4.69, 9.17) is 11.6 Å². The molecule has 0 bridgehead atoms. The number of alkyl halides is 1. The van der Waals surface area contributed by atoms with Crippen molar-refractivity contribution in [2.45, 2.75) is 23.6 Å². The van der Waals surface area contributed by atoms with E-state index in [1.165, 1.54) is 24.3 Å². The van der Waals surface area contributed by atoms with Gasteiger partial charge in [-0.25, -0.2) is 8.78 Å². The van der Waals surface area contributed by atoms with Crippen molar-refractivity contribution in [3.8, 4) is 0 Å². The summed E-state index contributed by atoms with van der Waals surface area (Å²) in [6.45, 7) is 0. The maximum Gasteiger partial charge on any atom is 0.123 e. The van der Waals surface area contributed by atoms with Crippen LogP contribution in [0.5, 0.6) is 0 Å². The van der Waals surface area contributed by atoms with E-state index in [9.17, 15) is 8.78 Å². The van der Waals surface area contributed by atoms with Crippen molar-refractivity contribution in [3.63, 3.8) is 0 Å². The standard InChI is InChI=1S/C18H15ClF2/c19-15-9-11-18(12-10-15,13-1-5-16(20)6-2-13)14-3-7-17(21)8-4-14/h1-9,11,15H,10,12H2. The van der Waals surface area contributed by atoms with Gasteiger partial charge in [0, 0.05) is 5.41 Å². The van der Waals surface area contributed by atoms with Crippen molar-refractivity contribution in [3.05, 3.63) is 83.4 Å². The first kappa shape index (κ1) is 14.3. The molecule has 1 unspecified atom stereocenters. The van der Waals surface area contributed by atoms with Crippen LogP contribution in [-0.4, -0.2) is 5.38 Å². The maximum absolute atomic E-state index is 13.2. The van der Waals surface area contributed by atoms with Gasteiger partial charge in [-0.1, -0.05) is 36.4 Å². The summed E-state index contributed by atoms with van der Waals surface area (Å²) in [4.78, 5) is 0. The molecule has 0 radical (unpaired) electrons. The Morgan fingerprint density at radius 2 is 1.33 bits per heavy atom. The molecule has 0 N–H and O–H groups in total. The maximum atomic E-state index is 13.2. The highest BCUT2D eigenvalue weighted by Gasteiger charge is 2.34. The molecule has 0 aromatic heterocycles. The number of hydrogen-bond donors (Lipinski definition) is 0. The lowest BCUT2D eigenvalue weighted by Crippen LogP contribution is -2.29. The molecule has 3 rings (SSSR count). The zero-order valence-corrected chi connectivity index (χ0v) is 12.2. The highest BCUT2D eigenvalue weighted by molar-refractivity contribution is 6.21. The van der Waals surface area contributed by atoms with Gasteiger partial charge in [0.15, 0.2) is 0 Å². The Morgan fingerprint density at radius 3 is 1.71 bits per heavy atom. The van der Waals surface area contributed by atoms with Gasteiger partial charge in [0.1, 0.15) is 11.6 Å². The monoisotopic (exact) mass is 304 g/mol. The van der Waals surface area contributed by atoms with Crippen LogP contribution in [0.1, 0.15) is 24.0 Å². The molecule has 0 aliphatic heterocycles. The van der Waals surface area contributed by atoms with E-state index in [1.54, 1.807) is 24.3 Å². The smallest absolute Gasteiger partial charge is 0.123 e. The average molecular weight is 305 g/mol. The third kappa shape index (κ3) is 2.73. The summed E-state index contributed by atoms with van der Waals surface area (Å²) in [5, 5.41) is 0.0130. The fourth-order valence-electron chi connectivity index (χ4n) is 2.96. The molecule has 0 spiro atoms. The van der Waals surface area contributed by atoms with E-state index in [0.29, 0.717) is 0 Å². The van der Waals surface area contributed by atoms with E-state index in [0.717, 1.165) is 24.0 Å². The van der Waals surface area contributed by atoms with Crippen LogP contribution in [0.25, 0.3) is 0 Å². The van der Waals surface area contributed by atoms with E-state index in [1.807, 2.05) is 6.08 Å². The Hall–Kier alpha value is -1.67. The Kier molecular flexibility index (Phi) is 3.81. The molecule has 1 aliphatic rings. The second-order valence-corrected chi connectivity index (χ2v) is 5.96. The van der Waals surface area contributed by atoms with Crippen LogP contribution in [0.4, 0.5) is 8.78 Å². The highest BCUT2D eigenvalue weighted by Crippen LogP contribution is 2.42. The van der Waals surface area contributed by atoms with E-state index in [-0.39, 0.29) is 22.4 Å².